The molecule has 2 aliphatic carbocycles. The molecule has 3 atom stereocenters. The van der Waals surface area contributed by atoms with Crippen LogP contribution in [0.4, 0.5) is 14.5 Å². The Kier molecular flexibility index (Phi) is 17.5. The van der Waals surface area contributed by atoms with Gasteiger partial charge in [-0.25, -0.2) is 8.78 Å². The lowest BCUT2D eigenvalue weighted by Crippen LogP contribution is -2.18. The highest BCUT2D eigenvalue weighted by atomic mass is 19.3. The average molecular weight is 660 g/mol. The minimum Gasteiger partial charge on any atom is -0.382 e. The van der Waals surface area contributed by atoms with Crippen molar-refractivity contribution >= 4 is 12.1 Å². The Balaban J connectivity index is 0.000000309. The zero-order chi connectivity index (χ0) is 35.5. The van der Waals surface area contributed by atoms with E-state index >= 15 is 0 Å². The molecule has 7 heteroatoms. The molecule has 5 nitrogen and oxygen atoms in total. The zero-order valence-electron chi connectivity index (χ0n) is 29.6. The number of amides is 1. The van der Waals surface area contributed by atoms with Gasteiger partial charge < -0.3 is 15.8 Å². The van der Waals surface area contributed by atoms with Gasteiger partial charge in [0.1, 0.15) is 0 Å². The highest BCUT2D eigenvalue weighted by Crippen LogP contribution is 2.32. The number of benzene rings is 2. The summed E-state index contributed by atoms with van der Waals surface area (Å²) in [6.45, 7) is 15.1. The van der Waals surface area contributed by atoms with Crippen molar-refractivity contribution in [2.45, 2.75) is 105 Å². The van der Waals surface area contributed by atoms with Crippen LogP contribution in [-0.2, 0) is 28.5 Å². The monoisotopic (exact) mass is 659 g/mol. The van der Waals surface area contributed by atoms with Crippen LogP contribution in [0.15, 0.2) is 97.3 Å². The molecule has 0 aliphatic heterocycles. The number of hydrogen-bond acceptors (Lipinski definition) is 4. The number of alkyl halides is 2. The van der Waals surface area contributed by atoms with Crippen LogP contribution in [0.25, 0.3) is 0 Å². The summed E-state index contributed by atoms with van der Waals surface area (Å²) in [5.74, 6) is -2.11. The highest BCUT2D eigenvalue weighted by Gasteiger charge is 2.27. The largest absolute Gasteiger partial charge is 0.382 e. The van der Waals surface area contributed by atoms with Gasteiger partial charge in [-0.2, -0.15) is 0 Å². The number of nitrogens with two attached hydrogens (primary N) is 1. The van der Waals surface area contributed by atoms with Crippen LogP contribution in [0.3, 0.4) is 0 Å². The first-order valence-corrected chi connectivity index (χ1v) is 16.8. The van der Waals surface area contributed by atoms with Crippen LogP contribution >= 0.6 is 0 Å². The number of carbonyl (C=O) groups excluding carboxylic acids is 1. The number of allylic oxidation sites excluding steroid dienone is 5. The third-order valence-corrected chi connectivity index (χ3v) is 7.98. The molecule has 1 fully saturated rings. The molecule has 2 aliphatic rings. The second-order valence-corrected chi connectivity index (χ2v) is 12.8. The first-order valence-electron chi connectivity index (χ1n) is 16.8. The maximum Gasteiger partial charge on any atom is 0.270 e. The van der Waals surface area contributed by atoms with E-state index in [2.05, 4.69) is 98.0 Å². The molecule has 0 radical (unpaired) electrons. The topological polar surface area (TPSA) is 77.2 Å². The molecule has 1 amide bonds. The quantitative estimate of drug-likeness (QED) is 0.177. The second kappa shape index (κ2) is 21.0. The van der Waals surface area contributed by atoms with Crippen LogP contribution in [0.5, 0.6) is 0 Å². The van der Waals surface area contributed by atoms with Gasteiger partial charge in [0, 0.05) is 36.1 Å². The minimum absolute atomic E-state index is 0.0603. The number of hydrogen-bond donors (Lipinski definition) is 2. The van der Waals surface area contributed by atoms with Crippen molar-refractivity contribution in [3.63, 3.8) is 0 Å². The van der Waals surface area contributed by atoms with E-state index in [0.29, 0.717) is 12.5 Å². The molecule has 0 spiro atoms. The van der Waals surface area contributed by atoms with E-state index in [1.807, 2.05) is 26.1 Å². The maximum atomic E-state index is 13.6. The van der Waals surface area contributed by atoms with Crippen LogP contribution in [0, 0.1) is 26.7 Å². The molecule has 48 heavy (non-hydrogen) atoms. The molecule has 260 valence electrons. The Labute approximate surface area is 287 Å². The fourth-order valence-corrected chi connectivity index (χ4v) is 5.35. The lowest BCUT2D eigenvalue weighted by molar-refractivity contribution is -0.106. The summed E-state index contributed by atoms with van der Waals surface area (Å²) in [5, 5.41) is 3.42. The van der Waals surface area contributed by atoms with Gasteiger partial charge in [0.05, 0.1) is 12.7 Å². The van der Waals surface area contributed by atoms with E-state index in [0.717, 1.165) is 50.3 Å². The summed E-state index contributed by atoms with van der Waals surface area (Å²) < 4.78 is 33.3. The number of aryl methyl sites for hydroxylation is 4. The number of nitrogens with one attached hydrogen (secondary N) is 1. The fourth-order valence-electron chi connectivity index (χ4n) is 5.35. The number of nitrogens with zero attached hydrogens (tertiary/aromatic N) is 1. The second-order valence-electron chi connectivity index (χ2n) is 12.8. The predicted molar refractivity (Wildman–Crippen MR) is 196 cm³/mol. The van der Waals surface area contributed by atoms with E-state index in [1.54, 1.807) is 18.2 Å². The van der Waals surface area contributed by atoms with Gasteiger partial charge in [-0.05, 0) is 113 Å². The normalized spacial score (nSPS) is 18.1. The molecule has 1 saturated carbocycles. The number of anilines is 1. The zero-order valence-corrected chi connectivity index (χ0v) is 29.6. The van der Waals surface area contributed by atoms with Gasteiger partial charge in [-0.3, -0.25) is 9.78 Å². The standard InChI is InChI=1S/C22H27F2NO.C15H19N.C3H6.CH3NO/c1-15-4-6-17(7-5-15)14-26-21-9-8-19(13-21)25-20-11-16(2)10-18(12-20)22(3,23)24;1-12-3-6-14(7-4-12)8-10-15-9-5-13(2)11-16-15;1-3-2;2-1-3/h4-7,10-12,19,21,25H,8-9,13-14H2,1-3H3;3,5-7,9,11-12H,4,8,10H2,1-2H3;3H,1H2,2H3;1H,(H2,2,3)/t19?,21-;;;/m1.../s1. The van der Waals surface area contributed by atoms with E-state index < -0.39 is 5.92 Å². The average Bonchev–Trinajstić information content (AvgIpc) is 3.49. The summed E-state index contributed by atoms with van der Waals surface area (Å²) in [7, 11) is 0. The molecule has 5 rings (SSSR count). The van der Waals surface area contributed by atoms with Crippen molar-refractivity contribution in [3.8, 4) is 0 Å². The molecule has 2 unspecified atom stereocenters. The van der Waals surface area contributed by atoms with E-state index in [9.17, 15) is 8.78 Å². The molecule has 3 aromatic rings. The van der Waals surface area contributed by atoms with Crippen LogP contribution in [0.2, 0.25) is 0 Å². The Hall–Kier alpha value is -4.10. The molecular formula is C41H55F2N3O2. The Morgan fingerprint density at radius 2 is 1.69 bits per heavy atom. The van der Waals surface area contributed by atoms with Gasteiger partial charge in [-0.15, -0.1) is 6.58 Å². The summed E-state index contributed by atoms with van der Waals surface area (Å²) in [4.78, 5) is 13.0. The van der Waals surface area contributed by atoms with Gasteiger partial charge >= 0.3 is 0 Å². The molecule has 0 bridgehead atoms. The van der Waals surface area contributed by atoms with Gasteiger partial charge in [-0.1, -0.05) is 72.7 Å². The van der Waals surface area contributed by atoms with Crippen LogP contribution in [-0.4, -0.2) is 23.5 Å². The van der Waals surface area contributed by atoms with Crippen molar-refractivity contribution in [2.75, 3.05) is 5.32 Å². The molecule has 3 N–H and O–H groups in total. The molecule has 0 saturated heterocycles. The first kappa shape index (κ1) is 40.1. The Morgan fingerprint density at radius 3 is 2.27 bits per heavy atom. The minimum atomic E-state index is -2.82. The van der Waals surface area contributed by atoms with Crippen molar-refractivity contribution in [3.05, 3.63) is 131 Å². The number of halogens is 2. The first-order chi connectivity index (χ1) is 22.9. The lowest BCUT2D eigenvalue weighted by atomic mass is 9.95. The number of aromatic nitrogens is 1. The van der Waals surface area contributed by atoms with Crippen LogP contribution in [0.1, 0.15) is 86.4 Å². The summed E-state index contributed by atoms with van der Waals surface area (Å²) >= 11 is 0. The van der Waals surface area contributed by atoms with Crippen molar-refractivity contribution in [1.29, 1.82) is 0 Å². The number of carbonyl (C=O) groups is 1. The van der Waals surface area contributed by atoms with Gasteiger partial charge in [0.25, 0.3) is 5.92 Å². The number of ether oxygens (including phenoxy) is 1. The van der Waals surface area contributed by atoms with Gasteiger partial charge in [0.15, 0.2) is 0 Å². The smallest absolute Gasteiger partial charge is 0.270 e. The number of rotatable bonds is 9. The maximum absolute atomic E-state index is 13.6. The highest BCUT2D eigenvalue weighted by molar-refractivity contribution is 5.50. The van der Waals surface area contributed by atoms with Gasteiger partial charge in [0.2, 0.25) is 6.41 Å². The Morgan fingerprint density at radius 1 is 1.02 bits per heavy atom. The summed E-state index contributed by atoms with van der Waals surface area (Å²) in [5.41, 5.74) is 12.1. The van der Waals surface area contributed by atoms with Crippen molar-refractivity contribution in [2.24, 2.45) is 11.7 Å². The van der Waals surface area contributed by atoms with E-state index in [4.69, 9.17) is 9.53 Å². The molecule has 1 heterocycles. The SMILES string of the molecule is C=CC.Cc1ccc(CCC2=CCC(C)C=C2)nc1.Cc1ccc(CO[C@@H]2CCC(Nc3cc(C)cc(C(C)(F)F)c3)C2)cc1.NC=O. The summed E-state index contributed by atoms with van der Waals surface area (Å²) in [6.07, 6.45) is 17.3. The summed E-state index contributed by atoms with van der Waals surface area (Å²) in [6, 6.07) is 17.9. The molecule has 1 aromatic heterocycles. The molecular weight excluding hydrogens is 604 g/mol. The third-order valence-electron chi connectivity index (χ3n) is 7.98. The Bertz CT molecular complexity index is 1440. The van der Waals surface area contributed by atoms with Crippen LogP contribution < -0.4 is 11.1 Å². The van der Waals surface area contributed by atoms with E-state index in [-0.39, 0.29) is 24.1 Å². The molecule has 2 aromatic carbocycles. The lowest BCUT2D eigenvalue weighted by Gasteiger charge is -2.18. The third kappa shape index (κ3) is 15.7. The number of pyridine rings is 1. The number of primary amides is 1. The predicted octanol–water partition coefficient (Wildman–Crippen LogP) is 10.1. The van der Waals surface area contributed by atoms with E-state index in [1.165, 1.54) is 34.4 Å². The van der Waals surface area contributed by atoms with Crippen molar-refractivity contribution < 1.29 is 18.3 Å². The fraction of sp³-hybridized carbons (Fsp3) is 0.415. The van der Waals surface area contributed by atoms with Crippen molar-refractivity contribution in [1.82, 2.24) is 4.98 Å².